The Kier molecular flexibility index (Phi) is 4.66. The SMILES string of the molecule is O=C(COC(=O)c1ccc(N2C(=O)C3C4C=CC(C5CC45)C3C2=O)cc1)c1ccc(Br)cc1. The van der Waals surface area contributed by atoms with Crippen LogP contribution in [0.1, 0.15) is 27.1 Å². The van der Waals surface area contributed by atoms with E-state index in [2.05, 4.69) is 28.1 Å². The second-order valence-corrected chi connectivity index (χ2v) is 10.1. The number of benzene rings is 2. The van der Waals surface area contributed by atoms with E-state index in [1.54, 1.807) is 36.4 Å². The van der Waals surface area contributed by atoms with Crippen LogP contribution in [0.25, 0.3) is 0 Å². The Hall–Kier alpha value is -3.06. The molecule has 2 bridgehead atoms. The van der Waals surface area contributed by atoms with Crippen molar-refractivity contribution >= 4 is 45.2 Å². The molecule has 33 heavy (non-hydrogen) atoms. The van der Waals surface area contributed by atoms with Crippen LogP contribution in [-0.2, 0) is 14.3 Å². The van der Waals surface area contributed by atoms with E-state index in [0.717, 1.165) is 10.9 Å². The number of hydrogen-bond donors (Lipinski definition) is 0. The zero-order valence-electron chi connectivity index (χ0n) is 17.5. The average Bonchev–Trinajstić information content (AvgIpc) is 3.61. The summed E-state index contributed by atoms with van der Waals surface area (Å²) in [6.45, 7) is -0.368. The molecule has 0 spiro atoms. The lowest BCUT2D eigenvalue weighted by Crippen LogP contribution is -2.40. The van der Waals surface area contributed by atoms with Gasteiger partial charge in [-0.15, -0.1) is 0 Å². The molecule has 1 heterocycles. The number of imide groups is 1. The molecule has 0 radical (unpaired) electrons. The summed E-state index contributed by atoms with van der Waals surface area (Å²) >= 11 is 3.31. The monoisotopic (exact) mass is 505 g/mol. The van der Waals surface area contributed by atoms with Crippen molar-refractivity contribution in [2.75, 3.05) is 11.5 Å². The van der Waals surface area contributed by atoms with Crippen LogP contribution in [-0.4, -0.2) is 30.2 Å². The van der Waals surface area contributed by atoms with Crippen LogP contribution in [0.15, 0.2) is 65.2 Å². The van der Waals surface area contributed by atoms with Gasteiger partial charge in [-0.3, -0.25) is 19.3 Å². The zero-order chi connectivity index (χ0) is 22.9. The maximum Gasteiger partial charge on any atom is 0.338 e. The number of rotatable bonds is 5. The van der Waals surface area contributed by atoms with Crippen LogP contribution in [0.4, 0.5) is 5.69 Å². The maximum atomic E-state index is 13.2. The molecular formula is C26H20BrNO5. The third kappa shape index (κ3) is 3.21. The summed E-state index contributed by atoms with van der Waals surface area (Å²) < 4.78 is 6.01. The number of nitrogens with zero attached hydrogens (tertiary/aromatic N) is 1. The van der Waals surface area contributed by atoms with Gasteiger partial charge in [-0.05, 0) is 66.5 Å². The molecule has 0 N–H and O–H groups in total. The number of carbonyl (C=O) groups is 4. The highest BCUT2D eigenvalue weighted by Crippen LogP contribution is 2.65. The van der Waals surface area contributed by atoms with E-state index in [1.807, 2.05) is 0 Å². The molecule has 2 saturated carbocycles. The zero-order valence-corrected chi connectivity index (χ0v) is 19.1. The molecule has 1 saturated heterocycles. The van der Waals surface area contributed by atoms with Crippen molar-refractivity contribution in [2.24, 2.45) is 35.5 Å². The molecule has 166 valence electrons. The molecule has 7 heteroatoms. The van der Waals surface area contributed by atoms with Crippen molar-refractivity contribution in [2.45, 2.75) is 6.42 Å². The van der Waals surface area contributed by atoms with Gasteiger partial charge >= 0.3 is 5.97 Å². The molecule has 6 unspecified atom stereocenters. The molecule has 7 rings (SSSR count). The Labute approximate surface area is 198 Å². The fourth-order valence-corrected chi connectivity index (χ4v) is 6.16. The summed E-state index contributed by atoms with van der Waals surface area (Å²) in [4.78, 5) is 52.3. The highest BCUT2D eigenvalue weighted by atomic mass is 79.9. The third-order valence-electron chi connectivity index (χ3n) is 7.52. The van der Waals surface area contributed by atoms with Crippen molar-refractivity contribution in [3.05, 3.63) is 76.3 Å². The van der Waals surface area contributed by atoms with Crippen LogP contribution in [0, 0.1) is 35.5 Å². The number of carbonyl (C=O) groups excluding carboxylic acids is 4. The average molecular weight is 506 g/mol. The van der Waals surface area contributed by atoms with E-state index in [0.29, 0.717) is 23.1 Å². The lowest BCUT2D eigenvalue weighted by molar-refractivity contribution is -0.124. The Morgan fingerprint density at radius 3 is 1.97 bits per heavy atom. The van der Waals surface area contributed by atoms with Gasteiger partial charge in [-0.25, -0.2) is 4.79 Å². The molecular weight excluding hydrogens is 486 g/mol. The largest absolute Gasteiger partial charge is 0.454 e. The molecule has 2 amide bonds. The predicted octanol–water partition coefficient (Wildman–Crippen LogP) is 4.05. The summed E-state index contributed by atoms with van der Waals surface area (Å²) in [6, 6.07) is 13.0. The number of amides is 2. The fraction of sp³-hybridized carbons (Fsp3) is 0.308. The number of ether oxygens (including phenoxy) is 1. The normalized spacial score (nSPS) is 30.8. The summed E-state index contributed by atoms with van der Waals surface area (Å²) in [6.07, 6.45) is 5.41. The van der Waals surface area contributed by atoms with Crippen molar-refractivity contribution in [1.82, 2.24) is 0 Å². The first-order valence-corrected chi connectivity index (χ1v) is 11.9. The van der Waals surface area contributed by atoms with Crippen molar-refractivity contribution < 1.29 is 23.9 Å². The van der Waals surface area contributed by atoms with Gasteiger partial charge in [-0.1, -0.05) is 40.2 Å². The molecule has 1 aliphatic heterocycles. The topological polar surface area (TPSA) is 80.8 Å². The van der Waals surface area contributed by atoms with E-state index in [9.17, 15) is 19.2 Å². The van der Waals surface area contributed by atoms with Crippen LogP contribution in [0.2, 0.25) is 0 Å². The Balaban J connectivity index is 1.14. The quantitative estimate of drug-likeness (QED) is 0.265. The molecule has 6 atom stereocenters. The Morgan fingerprint density at radius 2 is 1.39 bits per heavy atom. The van der Waals surface area contributed by atoms with E-state index in [-0.39, 0.29) is 53.4 Å². The van der Waals surface area contributed by atoms with Crippen molar-refractivity contribution in [3.63, 3.8) is 0 Å². The smallest absolute Gasteiger partial charge is 0.338 e. The number of anilines is 1. The first-order valence-electron chi connectivity index (χ1n) is 11.1. The van der Waals surface area contributed by atoms with Crippen molar-refractivity contribution in [3.8, 4) is 0 Å². The number of ketones is 1. The first kappa shape index (κ1) is 20.5. The maximum absolute atomic E-state index is 13.2. The molecule has 6 nitrogen and oxygen atoms in total. The number of allylic oxidation sites excluding steroid dienone is 2. The molecule has 4 aliphatic carbocycles. The van der Waals surface area contributed by atoms with Crippen LogP contribution >= 0.6 is 15.9 Å². The van der Waals surface area contributed by atoms with Crippen LogP contribution in [0.5, 0.6) is 0 Å². The van der Waals surface area contributed by atoms with Crippen LogP contribution in [0.3, 0.4) is 0 Å². The van der Waals surface area contributed by atoms with E-state index in [4.69, 9.17) is 4.74 Å². The highest BCUT2D eigenvalue weighted by molar-refractivity contribution is 9.10. The number of esters is 1. The Morgan fingerprint density at radius 1 is 0.848 bits per heavy atom. The second-order valence-electron chi connectivity index (χ2n) is 9.22. The van der Waals surface area contributed by atoms with Gasteiger partial charge in [-0.2, -0.15) is 0 Å². The van der Waals surface area contributed by atoms with E-state index in [1.165, 1.54) is 17.0 Å². The van der Waals surface area contributed by atoms with Crippen LogP contribution < -0.4 is 4.90 Å². The highest BCUT2D eigenvalue weighted by Gasteiger charge is 2.67. The van der Waals surface area contributed by atoms with Crippen molar-refractivity contribution in [1.29, 1.82) is 0 Å². The van der Waals surface area contributed by atoms with Gasteiger partial charge in [0.2, 0.25) is 11.8 Å². The van der Waals surface area contributed by atoms with Gasteiger partial charge < -0.3 is 4.74 Å². The summed E-state index contributed by atoms with van der Waals surface area (Å²) in [5.41, 5.74) is 1.17. The van der Waals surface area contributed by atoms with E-state index >= 15 is 0 Å². The minimum Gasteiger partial charge on any atom is -0.454 e. The molecule has 5 aliphatic rings. The molecule has 2 aromatic carbocycles. The summed E-state index contributed by atoms with van der Waals surface area (Å²) in [5.74, 6) is -0.281. The number of halogens is 1. The van der Waals surface area contributed by atoms with Gasteiger partial charge in [0.1, 0.15) is 0 Å². The lowest BCUT2D eigenvalue weighted by atomic mass is 9.63. The second kappa shape index (κ2) is 7.48. The minimum absolute atomic E-state index is 0.134. The Bertz CT molecular complexity index is 1180. The summed E-state index contributed by atoms with van der Waals surface area (Å²) in [7, 11) is 0. The van der Waals surface area contributed by atoms with Gasteiger partial charge in [0, 0.05) is 10.0 Å². The molecule has 0 aromatic heterocycles. The molecule has 3 fully saturated rings. The molecule has 2 aromatic rings. The minimum atomic E-state index is -0.637. The first-order chi connectivity index (χ1) is 15.9. The fourth-order valence-electron chi connectivity index (χ4n) is 5.89. The number of Topliss-reactive ketones (excluding diaryl/α,β-unsaturated/α-hetero) is 1. The summed E-state index contributed by atoms with van der Waals surface area (Å²) in [5, 5.41) is 0. The predicted molar refractivity (Wildman–Crippen MR) is 122 cm³/mol. The lowest BCUT2D eigenvalue weighted by Gasteiger charge is -2.37. The number of hydrogen-bond acceptors (Lipinski definition) is 5. The van der Waals surface area contributed by atoms with Gasteiger partial charge in [0.15, 0.2) is 12.4 Å². The van der Waals surface area contributed by atoms with E-state index < -0.39 is 5.97 Å². The third-order valence-corrected chi connectivity index (χ3v) is 8.05. The van der Waals surface area contributed by atoms with Gasteiger partial charge in [0.05, 0.1) is 23.1 Å². The van der Waals surface area contributed by atoms with Gasteiger partial charge in [0.25, 0.3) is 0 Å². The standard InChI is InChI=1S/C26H20BrNO5/c27-15-5-1-13(2-6-15)21(29)12-33-26(32)14-3-7-16(8-4-14)28-24(30)22-17-9-10-18(20-11-19(17)20)23(22)25(28)31/h1-10,17-20,22-23H,11-12H2.